The van der Waals surface area contributed by atoms with Crippen LogP contribution in [0.2, 0.25) is 0 Å². The monoisotopic (exact) mass is 315 g/mol. The lowest BCUT2D eigenvalue weighted by molar-refractivity contribution is -0.151. The minimum Gasteiger partial charge on any atom is -0.467 e. The highest BCUT2D eigenvalue weighted by atomic mass is 19.4. The SMILES string of the molecule is COC(=O)C(O)c1cc2cccc(C(F)(F)F)c2n1C(C)C. The zero-order chi connectivity index (χ0) is 16.7. The second-order valence-electron chi connectivity index (χ2n) is 5.20. The van der Waals surface area contributed by atoms with E-state index in [4.69, 9.17) is 0 Å². The van der Waals surface area contributed by atoms with E-state index in [1.807, 2.05) is 0 Å². The highest BCUT2D eigenvalue weighted by molar-refractivity contribution is 5.87. The van der Waals surface area contributed by atoms with Gasteiger partial charge in [-0.3, -0.25) is 0 Å². The predicted molar refractivity (Wildman–Crippen MR) is 74.3 cm³/mol. The number of alkyl halides is 3. The molecule has 0 saturated carbocycles. The third-order valence-corrected chi connectivity index (χ3v) is 3.42. The van der Waals surface area contributed by atoms with Crippen molar-refractivity contribution in [3.05, 3.63) is 35.5 Å². The van der Waals surface area contributed by atoms with Crippen LogP contribution in [0, 0.1) is 0 Å². The Morgan fingerprint density at radius 1 is 1.32 bits per heavy atom. The van der Waals surface area contributed by atoms with Crippen LogP contribution in [0.25, 0.3) is 10.9 Å². The zero-order valence-corrected chi connectivity index (χ0v) is 12.3. The number of esters is 1. The summed E-state index contributed by atoms with van der Waals surface area (Å²) in [6.45, 7) is 3.36. The van der Waals surface area contributed by atoms with E-state index < -0.39 is 23.8 Å². The first-order valence-corrected chi connectivity index (χ1v) is 6.65. The third-order valence-electron chi connectivity index (χ3n) is 3.42. The molecule has 0 amide bonds. The zero-order valence-electron chi connectivity index (χ0n) is 12.3. The molecular weight excluding hydrogens is 299 g/mol. The fourth-order valence-electron chi connectivity index (χ4n) is 2.53. The molecule has 0 aliphatic rings. The van der Waals surface area contributed by atoms with E-state index in [9.17, 15) is 23.1 Å². The molecule has 4 nitrogen and oxygen atoms in total. The summed E-state index contributed by atoms with van der Waals surface area (Å²) in [4.78, 5) is 11.5. The van der Waals surface area contributed by atoms with Crippen LogP contribution in [0.1, 0.15) is 37.3 Å². The molecular formula is C15H16F3NO3. The number of ether oxygens (including phenoxy) is 1. The number of halogens is 3. The van der Waals surface area contributed by atoms with Crippen molar-refractivity contribution in [2.75, 3.05) is 7.11 Å². The van der Waals surface area contributed by atoms with Gasteiger partial charge in [0, 0.05) is 11.4 Å². The normalized spacial score (nSPS) is 13.6. The summed E-state index contributed by atoms with van der Waals surface area (Å²) in [5.41, 5.74) is -0.779. The Morgan fingerprint density at radius 3 is 2.45 bits per heavy atom. The summed E-state index contributed by atoms with van der Waals surface area (Å²) in [6.07, 6.45) is -6.17. The smallest absolute Gasteiger partial charge is 0.418 e. The number of rotatable bonds is 3. The number of aliphatic hydroxyl groups is 1. The molecule has 0 aliphatic heterocycles. The van der Waals surface area contributed by atoms with Gasteiger partial charge in [-0.05, 0) is 26.0 Å². The van der Waals surface area contributed by atoms with Crippen LogP contribution >= 0.6 is 0 Å². The van der Waals surface area contributed by atoms with Crippen molar-refractivity contribution < 1.29 is 27.8 Å². The number of aliphatic hydroxyl groups excluding tert-OH is 1. The van der Waals surface area contributed by atoms with Crippen molar-refractivity contribution in [3.63, 3.8) is 0 Å². The molecule has 1 unspecified atom stereocenters. The number of aromatic nitrogens is 1. The lowest BCUT2D eigenvalue weighted by Crippen LogP contribution is -2.19. The van der Waals surface area contributed by atoms with Gasteiger partial charge >= 0.3 is 12.1 Å². The number of hydrogen-bond acceptors (Lipinski definition) is 3. The van der Waals surface area contributed by atoms with Gasteiger partial charge in [0.25, 0.3) is 0 Å². The maximum atomic E-state index is 13.2. The molecule has 0 spiro atoms. The Morgan fingerprint density at radius 2 is 1.95 bits per heavy atom. The highest BCUT2D eigenvalue weighted by Crippen LogP contribution is 2.38. The summed E-state index contributed by atoms with van der Waals surface area (Å²) < 4.78 is 45.5. The summed E-state index contributed by atoms with van der Waals surface area (Å²) in [7, 11) is 1.11. The average Bonchev–Trinajstić information content (AvgIpc) is 2.83. The Kier molecular flexibility index (Phi) is 4.19. The summed E-state index contributed by atoms with van der Waals surface area (Å²) in [5, 5.41) is 10.3. The fourth-order valence-corrected chi connectivity index (χ4v) is 2.53. The van der Waals surface area contributed by atoms with E-state index in [2.05, 4.69) is 4.74 Å². The minimum atomic E-state index is -4.53. The largest absolute Gasteiger partial charge is 0.467 e. The average molecular weight is 315 g/mol. The molecule has 1 aromatic heterocycles. The van der Waals surface area contributed by atoms with Crippen molar-refractivity contribution in [1.82, 2.24) is 4.57 Å². The first-order valence-electron chi connectivity index (χ1n) is 6.65. The van der Waals surface area contributed by atoms with Gasteiger partial charge in [0.2, 0.25) is 0 Å². The second kappa shape index (κ2) is 5.64. The lowest BCUT2D eigenvalue weighted by Gasteiger charge is -2.19. The first kappa shape index (κ1) is 16.4. The quantitative estimate of drug-likeness (QED) is 0.883. The van der Waals surface area contributed by atoms with Gasteiger partial charge in [-0.1, -0.05) is 12.1 Å². The van der Waals surface area contributed by atoms with Crippen LogP contribution in [0.15, 0.2) is 24.3 Å². The molecule has 1 aromatic carbocycles. The molecule has 1 N–H and O–H groups in total. The molecule has 0 fully saturated rings. The molecule has 120 valence electrons. The molecule has 0 saturated heterocycles. The maximum absolute atomic E-state index is 13.2. The van der Waals surface area contributed by atoms with E-state index >= 15 is 0 Å². The third kappa shape index (κ3) is 2.68. The number of nitrogens with zero attached hydrogens (tertiary/aromatic N) is 1. The molecule has 0 aliphatic carbocycles. The standard InChI is InChI=1S/C15H16F3NO3/c1-8(2)19-11(13(20)14(21)22-3)7-9-5-4-6-10(12(9)19)15(16,17)18/h4-8,13,20H,1-3H3. The summed E-state index contributed by atoms with van der Waals surface area (Å²) in [6, 6.07) is 4.79. The van der Waals surface area contributed by atoms with Crippen LogP contribution in [-0.4, -0.2) is 22.8 Å². The van der Waals surface area contributed by atoms with Gasteiger partial charge in [0.05, 0.1) is 23.9 Å². The van der Waals surface area contributed by atoms with Gasteiger partial charge in [-0.15, -0.1) is 0 Å². The summed E-state index contributed by atoms with van der Waals surface area (Å²) >= 11 is 0. The van der Waals surface area contributed by atoms with Crippen molar-refractivity contribution in [3.8, 4) is 0 Å². The van der Waals surface area contributed by atoms with Crippen LogP contribution < -0.4 is 0 Å². The van der Waals surface area contributed by atoms with Gasteiger partial charge in [-0.2, -0.15) is 13.2 Å². The molecule has 1 atom stereocenters. The van der Waals surface area contributed by atoms with Crippen molar-refractivity contribution in [2.45, 2.75) is 32.2 Å². The highest BCUT2D eigenvalue weighted by Gasteiger charge is 2.35. The number of benzene rings is 1. The van der Waals surface area contributed by atoms with Gasteiger partial charge in [0.1, 0.15) is 0 Å². The number of carbonyl (C=O) groups excluding carboxylic acids is 1. The predicted octanol–water partition coefficient (Wildman–Crippen LogP) is 3.45. The minimum absolute atomic E-state index is 0.0528. The Bertz CT molecular complexity index is 704. The molecule has 22 heavy (non-hydrogen) atoms. The van der Waals surface area contributed by atoms with E-state index in [1.54, 1.807) is 13.8 Å². The second-order valence-corrected chi connectivity index (χ2v) is 5.20. The molecule has 2 aromatic rings. The van der Waals surface area contributed by atoms with E-state index in [-0.39, 0.29) is 17.3 Å². The van der Waals surface area contributed by atoms with E-state index in [0.29, 0.717) is 5.39 Å². The van der Waals surface area contributed by atoms with Crippen LogP contribution in [0.5, 0.6) is 0 Å². The number of para-hydroxylation sites is 1. The molecule has 1 heterocycles. The molecule has 2 rings (SSSR count). The lowest BCUT2D eigenvalue weighted by atomic mass is 10.1. The first-order chi connectivity index (χ1) is 10.2. The van der Waals surface area contributed by atoms with Gasteiger partial charge in [0.15, 0.2) is 6.10 Å². The Hall–Kier alpha value is -2.02. The fraction of sp³-hybridized carbons (Fsp3) is 0.400. The maximum Gasteiger partial charge on any atom is 0.418 e. The Balaban J connectivity index is 2.80. The Labute approximate surface area is 125 Å². The van der Waals surface area contributed by atoms with E-state index in [1.165, 1.54) is 22.8 Å². The topological polar surface area (TPSA) is 51.5 Å². The molecule has 7 heteroatoms. The van der Waals surface area contributed by atoms with Crippen LogP contribution in [-0.2, 0) is 15.7 Å². The summed E-state index contributed by atoms with van der Waals surface area (Å²) in [5.74, 6) is -0.918. The van der Waals surface area contributed by atoms with Gasteiger partial charge in [-0.25, -0.2) is 4.79 Å². The van der Waals surface area contributed by atoms with Crippen LogP contribution in [0.4, 0.5) is 13.2 Å². The van der Waals surface area contributed by atoms with Crippen LogP contribution in [0.3, 0.4) is 0 Å². The number of fused-ring (bicyclic) bond motifs is 1. The molecule has 0 bridgehead atoms. The number of methoxy groups -OCH3 is 1. The number of hydrogen-bond donors (Lipinski definition) is 1. The van der Waals surface area contributed by atoms with Crippen molar-refractivity contribution >= 4 is 16.9 Å². The number of carbonyl (C=O) groups is 1. The molecule has 0 radical (unpaired) electrons. The van der Waals surface area contributed by atoms with Crippen molar-refractivity contribution in [2.24, 2.45) is 0 Å². The van der Waals surface area contributed by atoms with Crippen molar-refractivity contribution in [1.29, 1.82) is 0 Å². The van der Waals surface area contributed by atoms with Gasteiger partial charge < -0.3 is 14.4 Å². The van der Waals surface area contributed by atoms with E-state index in [0.717, 1.165) is 13.2 Å².